The molecule has 1 amide bonds. The maximum Gasteiger partial charge on any atom is 0.239 e. The summed E-state index contributed by atoms with van der Waals surface area (Å²) in [6, 6.07) is 4.81. The van der Waals surface area contributed by atoms with Gasteiger partial charge in [-0.15, -0.1) is 0 Å². The van der Waals surface area contributed by atoms with Crippen molar-refractivity contribution in [2.45, 2.75) is 19.1 Å². The predicted molar refractivity (Wildman–Crippen MR) is 73.4 cm³/mol. The first-order valence-electron chi connectivity index (χ1n) is 6.67. The summed E-state index contributed by atoms with van der Waals surface area (Å²) in [6.07, 6.45) is 0. The fourth-order valence-electron chi connectivity index (χ4n) is 2.37. The Morgan fingerprint density at radius 3 is 3.00 bits per heavy atom. The summed E-state index contributed by atoms with van der Waals surface area (Å²) in [5.74, 6) is -0.391. The monoisotopic (exact) mass is 281 g/mol. The van der Waals surface area contributed by atoms with Crippen molar-refractivity contribution in [2.24, 2.45) is 5.73 Å². The first kappa shape index (κ1) is 14.9. The van der Waals surface area contributed by atoms with Gasteiger partial charge in [0.2, 0.25) is 5.91 Å². The molecule has 1 aromatic carbocycles. The van der Waals surface area contributed by atoms with E-state index in [1.54, 1.807) is 25.2 Å². The van der Waals surface area contributed by atoms with E-state index >= 15 is 0 Å². The smallest absolute Gasteiger partial charge is 0.239 e. The fourth-order valence-corrected chi connectivity index (χ4v) is 2.37. The lowest BCUT2D eigenvalue weighted by atomic mass is 10.1. The van der Waals surface area contributed by atoms with Crippen LogP contribution in [0.2, 0.25) is 0 Å². The maximum absolute atomic E-state index is 14.2. The molecule has 1 aliphatic heterocycles. The zero-order chi connectivity index (χ0) is 14.5. The Morgan fingerprint density at radius 2 is 2.30 bits per heavy atom. The molecule has 0 spiro atoms. The van der Waals surface area contributed by atoms with E-state index in [4.69, 9.17) is 10.5 Å². The number of hydrogen-bond donors (Lipinski definition) is 2. The summed E-state index contributed by atoms with van der Waals surface area (Å²) in [4.78, 5) is 13.8. The van der Waals surface area contributed by atoms with Gasteiger partial charge in [0.25, 0.3) is 0 Å². The van der Waals surface area contributed by atoms with E-state index < -0.39 is 0 Å². The second-order valence-corrected chi connectivity index (χ2v) is 4.77. The molecule has 3 N–H and O–H groups in total. The van der Waals surface area contributed by atoms with Crippen LogP contribution >= 0.6 is 0 Å². The number of carbonyl (C=O) groups is 1. The number of ether oxygens (including phenoxy) is 1. The number of carbonyl (C=O) groups excluding carboxylic acids is 1. The molecule has 1 atom stereocenters. The van der Waals surface area contributed by atoms with Gasteiger partial charge in [-0.2, -0.15) is 0 Å². The van der Waals surface area contributed by atoms with Gasteiger partial charge in [-0.25, -0.2) is 4.39 Å². The molecule has 1 saturated heterocycles. The van der Waals surface area contributed by atoms with Gasteiger partial charge in [0.05, 0.1) is 13.2 Å². The van der Waals surface area contributed by atoms with Crippen LogP contribution in [0.4, 0.5) is 4.39 Å². The molecule has 0 aliphatic carbocycles. The van der Waals surface area contributed by atoms with Crippen molar-refractivity contribution in [1.29, 1.82) is 0 Å². The van der Waals surface area contributed by atoms with E-state index in [2.05, 4.69) is 5.32 Å². The van der Waals surface area contributed by atoms with Crippen LogP contribution in [0.1, 0.15) is 11.1 Å². The van der Waals surface area contributed by atoms with Gasteiger partial charge in [0, 0.05) is 37.8 Å². The van der Waals surface area contributed by atoms with Gasteiger partial charge in [-0.3, -0.25) is 9.69 Å². The SMILES string of the molecule is CNC(=O)C1COCCN1Cc1cccc(CN)c1F. The van der Waals surface area contributed by atoms with Gasteiger partial charge in [-0.1, -0.05) is 18.2 Å². The summed E-state index contributed by atoms with van der Waals surface area (Å²) in [7, 11) is 1.59. The van der Waals surface area contributed by atoms with Crippen LogP contribution < -0.4 is 11.1 Å². The highest BCUT2D eigenvalue weighted by atomic mass is 19.1. The van der Waals surface area contributed by atoms with E-state index in [1.165, 1.54) is 0 Å². The molecular formula is C14H20FN3O2. The number of amides is 1. The van der Waals surface area contributed by atoms with Crippen molar-refractivity contribution >= 4 is 5.91 Å². The third-order valence-corrected chi connectivity index (χ3v) is 3.54. The topological polar surface area (TPSA) is 67.6 Å². The standard InChI is InChI=1S/C14H20FN3O2/c1-17-14(19)12-9-20-6-5-18(12)8-11-4-2-3-10(7-16)13(11)15/h2-4,12H,5-9,16H2,1H3,(H,17,19). The number of likely N-dealkylation sites (N-methyl/N-ethyl adjacent to an activating group) is 1. The maximum atomic E-state index is 14.2. The second kappa shape index (κ2) is 6.78. The molecule has 0 bridgehead atoms. The van der Waals surface area contributed by atoms with Gasteiger partial charge < -0.3 is 15.8 Å². The van der Waals surface area contributed by atoms with Gasteiger partial charge in [-0.05, 0) is 0 Å². The molecule has 1 unspecified atom stereocenters. The van der Waals surface area contributed by atoms with Crippen molar-refractivity contribution in [2.75, 3.05) is 26.8 Å². The van der Waals surface area contributed by atoms with Crippen LogP contribution in [0.5, 0.6) is 0 Å². The summed E-state index contributed by atoms with van der Waals surface area (Å²) in [5.41, 5.74) is 6.56. The highest BCUT2D eigenvalue weighted by molar-refractivity contribution is 5.81. The molecule has 0 radical (unpaired) electrons. The van der Waals surface area contributed by atoms with Crippen LogP contribution in [0.3, 0.4) is 0 Å². The highest BCUT2D eigenvalue weighted by Crippen LogP contribution is 2.17. The van der Waals surface area contributed by atoms with Gasteiger partial charge in [0.1, 0.15) is 11.9 Å². The molecule has 110 valence electrons. The van der Waals surface area contributed by atoms with Crippen molar-refractivity contribution in [3.8, 4) is 0 Å². The summed E-state index contributed by atoms with van der Waals surface area (Å²) >= 11 is 0. The molecule has 1 aromatic rings. The minimum atomic E-state index is -0.380. The first-order chi connectivity index (χ1) is 9.67. The highest BCUT2D eigenvalue weighted by Gasteiger charge is 2.29. The molecule has 6 heteroatoms. The zero-order valence-corrected chi connectivity index (χ0v) is 11.6. The third-order valence-electron chi connectivity index (χ3n) is 3.54. The quantitative estimate of drug-likeness (QED) is 0.829. The number of halogens is 1. The summed E-state index contributed by atoms with van der Waals surface area (Å²) in [6.45, 7) is 2.02. The predicted octanol–water partition coefficient (Wildman–Crippen LogP) is 0.231. The lowest BCUT2D eigenvalue weighted by Crippen LogP contribution is -2.52. The van der Waals surface area contributed by atoms with E-state index in [0.717, 1.165) is 0 Å². The van der Waals surface area contributed by atoms with Crippen LogP contribution in [-0.4, -0.2) is 43.7 Å². The van der Waals surface area contributed by atoms with Gasteiger partial charge >= 0.3 is 0 Å². The average Bonchev–Trinajstić information content (AvgIpc) is 2.49. The van der Waals surface area contributed by atoms with Crippen LogP contribution in [0, 0.1) is 5.82 Å². The van der Waals surface area contributed by atoms with Crippen molar-refractivity contribution < 1.29 is 13.9 Å². The zero-order valence-electron chi connectivity index (χ0n) is 11.6. The molecule has 5 nitrogen and oxygen atoms in total. The van der Waals surface area contributed by atoms with E-state index in [1.807, 2.05) is 4.90 Å². The minimum Gasteiger partial charge on any atom is -0.378 e. The van der Waals surface area contributed by atoms with Crippen molar-refractivity contribution in [3.63, 3.8) is 0 Å². The Labute approximate surface area is 117 Å². The van der Waals surface area contributed by atoms with Crippen LogP contribution in [0.15, 0.2) is 18.2 Å². The van der Waals surface area contributed by atoms with Crippen LogP contribution in [-0.2, 0) is 22.6 Å². The Balaban J connectivity index is 2.16. The van der Waals surface area contributed by atoms with Gasteiger partial charge in [0.15, 0.2) is 0 Å². The number of nitrogens with two attached hydrogens (primary N) is 1. The average molecular weight is 281 g/mol. The molecule has 0 saturated carbocycles. The molecule has 1 aliphatic rings. The normalized spacial score (nSPS) is 19.9. The van der Waals surface area contributed by atoms with Crippen molar-refractivity contribution in [1.82, 2.24) is 10.2 Å². The third kappa shape index (κ3) is 3.15. The van der Waals surface area contributed by atoms with E-state index in [0.29, 0.717) is 37.4 Å². The first-order valence-corrected chi connectivity index (χ1v) is 6.67. The molecule has 0 aromatic heterocycles. The fraction of sp³-hybridized carbons (Fsp3) is 0.500. The molecule has 2 rings (SSSR count). The Bertz CT molecular complexity index is 481. The minimum absolute atomic E-state index is 0.111. The Kier molecular flexibility index (Phi) is 5.05. The largest absolute Gasteiger partial charge is 0.378 e. The molecule has 20 heavy (non-hydrogen) atoms. The number of hydrogen-bond acceptors (Lipinski definition) is 4. The lowest BCUT2D eigenvalue weighted by molar-refractivity contribution is -0.132. The number of rotatable bonds is 4. The Morgan fingerprint density at radius 1 is 1.55 bits per heavy atom. The number of nitrogens with one attached hydrogen (secondary N) is 1. The molecule has 1 fully saturated rings. The number of benzene rings is 1. The van der Waals surface area contributed by atoms with Crippen LogP contribution in [0.25, 0.3) is 0 Å². The lowest BCUT2D eigenvalue weighted by Gasteiger charge is -2.34. The number of nitrogens with zero attached hydrogens (tertiary/aromatic N) is 1. The van der Waals surface area contributed by atoms with E-state index in [9.17, 15) is 9.18 Å². The summed E-state index contributed by atoms with van der Waals surface area (Å²) in [5, 5.41) is 2.61. The molecule has 1 heterocycles. The Hall–Kier alpha value is -1.50. The molecular weight excluding hydrogens is 261 g/mol. The second-order valence-electron chi connectivity index (χ2n) is 4.77. The summed E-state index contributed by atoms with van der Waals surface area (Å²) < 4.78 is 19.5. The van der Waals surface area contributed by atoms with Crippen molar-refractivity contribution in [3.05, 3.63) is 35.1 Å². The van der Waals surface area contributed by atoms with E-state index in [-0.39, 0.29) is 24.3 Å². The number of morpholine rings is 1.